The van der Waals surface area contributed by atoms with E-state index < -0.39 is 0 Å². The van der Waals surface area contributed by atoms with Gasteiger partial charge in [-0.15, -0.1) is 0 Å². The molecule has 0 atom stereocenters. The second-order valence-electron chi connectivity index (χ2n) is 13.0. The number of rotatable bonds is 5. The van der Waals surface area contributed by atoms with Crippen molar-refractivity contribution in [2.75, 3.05) is 4.90 Å². The highest BCUT2D eigenvalue weighted by Gasteiger charge is 2.22. The molecular formula is C47H32N2O. The SMILES string of the molecule is Cc1cccc2oc3c4ccccc4c(N(c4cccc(-c5ccccc5)c4)c4ccc5c(c4)c4ccccc4n5-c4ccccc4)cc3c12. The van der Waals surface area contributed by atoms with Gasteiger partial charge in [-0.2, -0.15) is 0 Å². The van der Waals surface area contributed by atoms with Crippen LogP contribution in [0.3, 0.4) is 0 Å². The number of fused-ring (bicyclic) bond motifs is 8. The summed E-state index contributed by atoms with van der Waals surface area (Å²) >= 11 is 0. The molecule has 8 aromatic carbocycles. The fourth-order valence-electron chi connectivity index (χ4n) is 7.83. The van der Waals surface area contributed by atoms with Crippen LogP contribution in [0.15, 0.2) is 180 Å². The molecule has 0 aliphatic rings. The molecule has 0 aliphatic carbocycles. The summed E-state index contributed by atoms with van der Waals surface area (Å²) < 4.78 is 8.97. The largest absolute Gasteiger partial charge is 0.455 e. The number of para-hydroxylation sites is 2. The van der Waals surface area contributed by atoms with Crippen LogP contribution in [0, 0.1) is 6.92 Å². The Bertz CT molecular complexity index is 2880. The van der Waals surface area contributed by atoms with E-state index in [4.69, 9.17) is 4.42 Å². The molecule has 0 saturated carbocycles. The smallest absolute Gasteiger partial charge is 0.143 e. The van der Waals surface area contributed by atoms with Crippen molar-refractivity contribution < 1.29 is 4.42 Å². The van der Waals surface area contributed by atoms with Crippen molar-refractivity contribution in [3.05, 3.63) is 181 Å². The Balaban J connectivity index is 1.29. The molecule has 0 bridgehead atoms. The highest BCUT2D eigenvalue weighted by Crippen LogP contribution is 2.46. The summed E-state index contributed by atoms with van der Waals surface area (Å²) in [5, 5.41) is 6.95. The van der Waals surface area contributed by atoms with Gasteiger partial charge in [0.1, 0.15) is 11.2 Å². The third-order valence-corrected chi connectivity index (χ3v) is 10.1. The molecule has 0 spiro atoms. The van der Waals surface area contributed by atoms with Crippen LogP contribution in [-0.2, 0) is 0 Å². The number of anilines is 3. The molecule has 10 aromatic rings. The first-order valence-electron chi connectivity index (χ1n) is 17.1. The zero-order valence-electron chi connectivity index (χ0n) is 27.5. The number of hydrogen-bond donors (Lipinski definition) is 0. The van der Waals surface area contributed by atoms with Gasteiger partial charge in [0, 0.05) is 49.4 Å². The van der Waals surface area contributed by atoms with E-state index in [1.54, 1.807) is 0 Å². The Kier molecular flexibility index (Phi) is 6.40. The van der Waals surface area contributed by atoms with Crippen molar-refractivity contribution in [3.63, 3.8) is 0 Å². The lowest BCUT2D eigenvalue weighted by molar-refractivity contribution is 0.672. The van der Waals surface area contributed by atoms with Crippen LogP contribution in [0.1, 0.15) is 5.56 Å². The quantitative estimate of drug-likeness (QED) is 0.187. The van der Waals surface area contributed by atoms with Crippen molar-refractivity contribution >= 4 is 71.6 Å². The fourth-order valence-corrected chi connectivity index (χ4v) is 7.83. The minimum atomic E-state index is 0.912. The van der Waals surface area contributed by atoms with Crippen LogP contribution in [-0.4, -0.2) is 4.57 Å². The summed E-state index contributed by atoms with van der Waals surface area (Å²) in [6.45, 7) is 2.17. The van der Waals surface area contributed by atoms with E-state index in [-0.39, 0.29) is 0 Å². The van der Waals surface area contributed by atoms with Crippen LogP contribution >= 0.6 is 0 Å². The Morgan fingerprint density at radius 1 is 0.460 bits per heavy atom. The predicted octanol–water partition coefficient (Wildman–Crippen LogP) is 13.3. The highest BCUT2D eigenvalue weighted by molar-refractivity contribution is 6.20. The Morgan fingerprint density at radius 2 is 1.12 bits per heavy atom. The van der Waals surface area contributed by atoms with Gasteiger partial charge < -0.3 is 13.9 Å². The topological polar surface area (TPSA) is 21.3 Å². The molecule has 236 valence electrons. The number of benzene rings is 8. The average Bonchev–Trinajstić information content (AvgIpc) is 3.72. The molecule has 0 unspecified atom stereocenters. The van der Waals surface area contributed by atoms with Gasteiger partial charge in [0.15, 0.2) is 0 Å². The summed E-state index contributed by atoms with van der Waals surface area (Å²) in [6, 6.07) is 63.1. The maximum absolute atomic E-state index is 6.60. The number of hydrogen-bond acceptors (Lipinski definition) is 2. The molecule has 2 heterocycles. The third kappa shape index (κ3) is 4.37. The predicted molar refractivity (Wildman–Crippen MR) is 210 cm³/mol. The minimum absolute atomic E-state index is 0.912. The molecule has 0 amide bonds. The number of nitrogens with zero attached hydrogens (tertiary/aromatic N) is 2. The van der Waals surface area contributed by atoms with E-state index in [0.717, 1.165) is 55.5 Å². The van der Waals surface area contributed by atoms with E-state index in [1.165, 1.54) is 38.5 Å². The lowest BCUT2D eigenvalue weighted by Gasteiger charge is -2.28. The molecular weight excluding hydrogens is 609 g/mol. The van der Waals surface area contributed by atoms with Gasteiger partial charge in [-0.25, -0.2) is 0 Å². The molecule has 3 heteroatoms. The first-order valence-corrected chi connectivity index (χ1v) is 17.1. The standard InChI is InChI=1S/C47H32N2O/c1-31-14-12-25-45-46(31)41-30-44(37-21-8-9-23-39(37)47(41)50-45)48(35-20-13-17-33(28-35)32-15-4-2-5-16-32)36-26-27-43-40(29-36)38-22-10-11-24-42(38)49(43)34-18-6-3-7-19-34/h2-30H,1H3. The van der Waals surface area contributed by atoms with E-state index >= 15 is 0 Å². The highest BCUT2D eigenvalue weighted by atomic mass is 16.3. The summed E-state index contributed by atoms with van der Waals surface area (Å²) in [7, 11) is 0. The molecule has 0 saturated heterocycles. The lowest BCUT2D eigenvalue weighted by atomic mass is 9.99. The van der Waals surface area contributed by atoms with E-state index in [1.807, 2.05) is 0 Å². The van der Waals surface area contributed by atoms with Gasteiger partial charge in [0.05, 0.1) is 16.7 Å². The molecule has 0 fully saturated rings. The minimum Gasteiger partial charge on any atom is -0.455 e. The summed E-state index contributed by atoms with van der Waals surface area (Å²) in [5.74, 6) is 0. The molecule has 50 heavy (non-hydrogen) atoms. The number of furan rings is 1. The van der Waals surface area contributed by atoms with Crippen molar-refractivity contribution in [2.24, 2.45) is 0 Å². The van der Waals surface area contributed by atoms with Crippen molar-refractivity contribution in [1.29, 1.82) is 0 Å². The first-order chi connectivity index (χ1) is 24.7. The molecule has 3 nitrogen and oxygen atoms in total. The summed E-state index contributed by atoms with van der Waals surface area (Å²) in [5.41, 5.74) is 12.2. The molecule has 2 aromatic heterocycles. The van der Waals surface area contributed by atoms with Crippen LogP contribution in [0.5, 0.6) is 0 Å². The van der Waals surface area contributed by atoms with Crippen molar-refractivity contribution in [1.82, 2.24) is 4.57 Å². The maximum Gasteiger partial charge on any atom is 0.143 e. The fraction of sp³-hybridized carbons (Fsp3) is 0.0213. The molecule has 10 rings (SSSR count). The first kappa shape index (κ1) is 28.4. The van der Waals surface area contributed by atoms with Gasteiger partial charge in [0.25, 0.3) is 0 Å². The van der Waals surface area contributed by atoms with E-state index in [2.05, 4.69) is 192 Å². The molecule has 0 radical (unpaired) electrons. The van der Waals surface area contributed by atoms with Gasteiger partial charge in [-0.1, -0.05) is 115 Å². The van der Waals surface area contributed by atoms with Crippen LogP contribution in [0.4, 0.5) is 17.1 Å². The van der Waals surface area contributed by atoms with Gasteiger partial charge >= 0.3 is 0 Å². The van der Waals surface area contributed by atoms with Crippen LogP contribution in [0.25, 0.3) is 71.3 Å². The second kappa shape index (κ2) is 11.3. The Hall–Kier alpha value is -6.58. The molecule has 0 aliphatic heterocycles. The van der Waals surface area contributed by atoms with Gasteiger partial charge in [0.2, 0.25) is 0 Å². The summed E-state index contributed by atoms with van der Waals surface area (Å²) in [6.07, 6.45) is 0. The average molecular weight is 641 g/mol. The molecule has 0 N–H and O–H groups in total. The normalized spacial score (nSPS) is 11.7. The lowest BCUT2D eigenvalue weighted by Crippen LogP contribution is -2.11. The van der Waals surface area contributed by atoms with E-state index in [9.17, 15) is 0 Å². The van der Waals surface area contributed by atoms with Gasteiger partial charge in [-0.3, -0.25) is 0 Å². The van der Waals surface area contributed by atoms with Gasteiger partial charge in [-0.05, 0) is 84.3 Å². The second-order valence-corrected chi connectivity index (χ2v) is 13.0. The van der Waals surface area contributed by atoms with Crippen LogP contribution < -0.4 is 4.90 Å². The Labute approximate surface area is 289 Å². The third-order valence-electron chi connectivity index (χ3n) is 10.1. The maximum atomic E-state index is 6.60. The van der Waals surface area contributed by atoms with E-state index in [0.29, 0.717) is 0 Å². The van der Waals surface area contributed by atoms with Crippen LogP contribution in [0.2, 0.25) is 0 Å². The Morgan fingerprint density at radius 3 is 1.96 bits per heavy atom. The zero-order valence-corrected chi connectivity index (χ0v) is 27.5. The zero-order chi connectivity index (χ0) is 33.2. The number of aryl methyl sites for hydroxylation is 1. The number of aromatic nitrogens is 1. The monoisotopic (exact) mass is 640 g/mol. The summed E-state index contributed by atoms with van der Waals surface area (Å²) in [4.78, 5) is 2.43. The van der Waals surface area contributed by atoms with Crippen molar-refractivity contribution in [3.8, 4) is 16.8 Å². The van der Waals surface area contributed by atoms with Crippen molar-refractivity contribution in [2.45, 2.75) is 6.92 Å².